The van der Waals surface area contributed by atoms with Gasteiger partial charge < -0.3 is 15.0 Å². The lowest BCUT2D eigenvalue weighted by atomic mass is 10.1. The van der Waals surface area contributed by atoms with E-state index in [2.05, 4.69) is 5.32 Å². The van der Waals surface area contributed by atoms with E-state index in [1.807, 2.05) is 45.0 Å². The van der Waals surface area contributed by atoms with Crippen molar-refractivity contribution in [1.82, 2.24) is 10.2 Å². The Hall–Kier alpha value is -3.85. The smallest absolute Gasteiger partial charge is 0.264 e. The van der Waals surface area contributed by atoms with Gasteiger partial charge in [-0.3, -0.25) is 13.9 Å². The zero-order valence-corrected chi connectivity index (χ0v) is 24.7. The predicted octanol–water partition coefficient (Wildman–Crippen LogP) is 4.84. The first kappa shape index (κ1) is 30.7. The summed E-state index contributed by atoms with van der Waals surface area (Å²) in [5.74, 6) is -0.177. The predicted molar refractivity (Wildman–Crippen MR) is 158 cm³/mol. The molecule has 0 aliphatic heterocycles. The molecule has 9 heteroatoms. The molecular formula is C31H39N3O5S. The number of hydrogen-bond acceptors (Lipinski definition) is 5. The average Bonchev–Trinajstić information content (AvgIpc) is 2.96. The second-order valence-corrected chi connectivity index (χ2v) is 11.7. The van der Waals surface area contributed by atoms with Crippen molar-refractivity contribution in [3.8, 4) is 5.75 Å². The molecule has 0 saturated heterocycles. The average molecular weight is 566 g/mol. The highest BCUT2D eigenvalue weighted by atomic mass is 32.2. The van der Waals surface area contributed by atoms with Crippen LogP contribution in [0.1, 0.15) is 43.4 Å². The third kappa shape index (κ3) is 7.63. The summed E-state index contributed by atoms with van der Waals surface area (Å²) in [6.45, 7) is 7.50. The van der Waals surface area contributed by atoms with Gasteiger partial charge in [0.15, 0.2) is 0 Å². The molecule has 40 heavy (non-hydrogen) atoms. The van der Waals surface area contributed by atoms with Gasteiger partial charge in [-0.05, 0) is 74.2 Å². The van der Waals surface area contributed by atoms with E-state index in [0.717, 1.165) is 28.3 Å². The number of benzene rings is 3. The van der Waals surface area contributed by atoms with Gasteiger partial charge in [0.2, 0.25) is 11.8 Å². The molecule has 0 aromatic heterocycles. The Morgan fingerprint density at radius 2 is 1.70 bits per heavy atom. The van der Waals surface area contributed by atoms with Crippen LogP contribution in [0.2, 0.25) is 0 Å². The van der Waals surface area contributed by atoms with Gasteiger partial charge in [0, 0.05) is 13.1 Å². The lowest BCUT2D eigenvalue weighted by molar-refractivity contribution is -0.139. The van der Waals surface area contributed by atoms with Gasteiger partial charge in [-0.2, -0.15) is 0 Å². The molecule has 0 aliphatic carbocycles. The first-order valence-electron chi connectivity index (χ1n) is 13.4. The van der Waals surface area contributed by atoms with Crippen LogP contribution in [-0.4, -0.2) is 51.4 Å². The quantitative estimate of drug-likeness (QED) is 0.299. The molecule has 0 aliphatic rings. The SMILES string of the molecule is CCCCNC(=O)C(C)N(Cc1cccc(OC)c1)C(=O)CN(c1cc(C)ccc1C)S(=O)(=O)c1ccccc1. The number of rotatable bonds is 13. The molecule has 0 spiro atoms. The van der Waals surface area contributed by atoms with Crippen LogP contribution in [0.4, 0.5) is 5.69 Å². The van der Waals surface area contributed by atoms with Crippen molar-refractivity contribution in [3.63, 3.8) is 0 Å². The van der Waals surface area contributed by atoms with Gasteiger partial charge >= 0.3 is 0 Å². The highest BCUT2D eigenvalue weighted by Gasteiger charge is 2.33. The molecule has 0 bridgehead atoms. The molecule has 0 saturated carbocycles. The van der Waals surface area contributed by atoms with Crippen LogP contribution >= 0.6 is 0 Å². The molecule has 1 N–H and O–H groups in total. The van der Waals surface area contributed by atoms with Crippen LogP contribution in [0.25, 0.3) is 0 Å². The first-order valence-corrected chi connectivity index (χ1v) is 14.9. The molecule has 1 unspecified atom stereocenters. The molecule has 0 fully saturated rings. The van der Waals surface area contributed by atoms with Gasteiger partial charge in [-0.15, -0.1) is 0 Å². The molecule has 8 nitrogen and oxygen atoms in total. The van der Waals surface area contributed by atoms with Gasteiger partial charge in [0.25, 0.3) is 10.0 Å². The highest BCUT2D eigenvalue weighted by Crippen LogP contribution is 2.28. The zero-order valence-electron chi connectivity index (χ0n) is 23.9. The number of aryl methyl sites for hydroxylation is 2. The molecule has 3 rings (SSSR count). The first-order chi connectivity index (χ1) is 19.1. The Labute approximate surface area is 238 Å². The van der Waals surface area contributed by atoms with Gasteiger partial charge in [0.05, 0.1) is 17.7 Å². The van der Waals surface area contributed by atoms with Crippen LogP contribution < -0.4 is 14.4 Å². The molecule has 214 valence electrons. The fourth-order valence-corrected chi connectivity index (χ4v) is 5.80. The van der Waals surface area contributed by atoms with Crippen molar-refractivity contribution in [1.29, 1.82) is 0 Å². The van der Waals surface area contributed by atoms with Gasteiger partial charge in [-0.25, -0.2) is 8.42 Å². The van der Waals surface area contributed by atoms with E-state index in [1.165, 1.54) is 17.0 Å². The minimum atomic E-state index is -4.10. The number of nitrogens with zero attached hydrogens (tertiary/aromatic N) is 2. The van der Waals surface area contributed by atoms with Crippen LogP contribution in [0.3, 0.4) is 0 Å². The molecule has 0 heterocycles. The minimum Gasteiger partial charge on any atom is -0.497 e. The normalized spacial score (nSPS) is 11.9. The van der Waals surface area contributed by atoms with E-state index in [4.69, 9.17) is 4.74 Å². The molecular weight excluding hydrogens is 526 g/mol. The second-order valence-electron chi connectivity index (χ2n) is 9.81. The fourth-order valence-electron chi connectivity index (χ4n) is 4.31. The van der Waals surface area contributed by atoms with Crippen molar-refractivity contribution in [3.05, 3.63) is 89.5 Å². The van der Waals surface area contributed by atoms with Gasteiger partial charge in [0.1, 0.15) is 18.3 Å². The molecule has 3 aromatic rings. The van der Waals surface area contributed by atoms with E-state index >= 15 is 0 Å². The third-order valence-electron chi connectivity index (χ3n) is 6.73. The van der Waals surface area contributed by atoms with E-state index in [0.29, 0.717) is 23.5 Å². The van der Waals surface area contributed by atoms with Crippen LogP contribution in [0.5, 0.6) is 5.75 Å². The van der Waals surface area contributed by atoms with E-state index in [1.54, 1.807) is 50.4 Å². The summed E-state index contributed by atoms with van der Waals surface area (Å²) in [5.41, 5.74) is 2.74. The number of carbonyl (C=O) groups excluding carboxylic acids is 2. The number of carbonyl (C=O) groups is 2. The number of nitrogens with one attached hydrogen (secondary N) is 1. The molecule has 3 aromatic carbocycles. The third-order valence-corrected chi connectivity index (χ3v) is 8.50. The standard InChI is InChI=1S/C31H39N3O5S/c1-6-7-18-32-31(36)25(4)33(21-26-12-11-13-27(20-26)39-5)30(35)22-34(29-19-23(2)16-17-24(29)3)40(37,38)28-14-9-8-10-15-28/h8-17,19-20,25H,6-7,18,21-22H2,1-5H3,(H,32,36). The summed E-state index contributed by atoms with van der Waals surface area (Å²) in [6, 6.07) is 19.9. The van der Waals surface area contributed by atoms with Gasteiger partial charge in [-0.1, -0.05) is 55.8 Å². The maximum atomic E-state index is 14.0. The van der Waals surface area contributed by atoms with Crippen molar-refractivity contribution in [2.45, 2.75) is 58.0 Å². The zero-order chi connectivity index (χ0) is 29.3. The summed E-state index contributed by atoms with van der Waals surface area (Å²) < 4.78 is 34.4. The fraction of sp³-hybridized carbons (Fsp3) is 0.355. The number of unbranched alkanes of at least 4 members (excludes halogenated alkanes) is 1. The van der Waals surface area contributed by atoms with Crippen molar-refractivity contribution in [2.24, 2.45) is 0 Å². The summed E-state index contributed by atoms with van der Waals surface area (Å²) in [7, 11) is -2.55. The number of amides is 2. The summed E-state index contributed by atoms with van der Waals surface area (Å²) in [5, 5.41) is 2.90. The molecule has 1 atom stereocenters. The molecule has 2 amide bonds. The monoisotopic (exact) mass is 565 g/mol. The van der Waals surface area contributed by atoms with E-state index < -0.39 is 28.5 Å². The maximum absolute atomic E-state index is 14.0. The molecule has 0 radical (unpaired) electrons. The van der Waals surface area contributed by atoms with E-state index in [-0.39, 0.29) is 17.3 Å². The number of anilines is 1. The largest absolute Gasteiger partial charge is 0.497 e. The maximum Gasteiger partial charge on any atom is 0.264 e. The minimum absolute atomic E-state index is 0.0772. The van der Waals surface area contributed by atoms with Crippen molar-refractivity contribution >= 4 is 27.5 Å². The topological polar surface area (TPSA) is 96.0 Å². The number of sulfonamides is 1. The lowest BCUT2D eigenvalue weighted by Gasteiger charge is -2.32. The Bertz CT molecular complexity index is 1410. The van der Waals surface area contributed by atoms with Crippen LogP contribution in [-0.2, 0) is 26.2 Å². The second kappa shape index (κ2) is 14.0. The van der Waals surface area contributed by atoms with Crippen LogP contribution in [0.15, 0.2) is 77.7 Å². The Morgan fingerprint density at radius 3 is 2.38 bits per heavy atom. The number of ether oxygens (including phenoxy) is 1. The summed E-state index contributed by atoms with van der Waals surface area (Å²) in [6.07, 6.45) is 1.74. The number of methoxy groups -OCH3 is 1. The lowest BCUT2D eigenvalue weighted by Crippen LogP contribution is -2.51. The summed E-state index contributed by atoms with van der Waals surface area (Å²) in [4.78, 5) is 28.6. The summed E-state index contributed by atoms with van der Waals surface area (Å²) >= 11 is 0. The number of hydrogen-bond donors (Lipinski definition) is 1. The Kier molecular flexibility index (Phi) is 10.7. The van der Waals surface area contributed by atoms with Crippen molar-refractivity contribution in [2.75, 3.05) is 24.5 Å². The van der Waals surface area contributed by atoms with Crippen LogP contribution in [0, 0.1) is 13.8 Å². The Morgan fingerprint density at radius 1 is 0.975 bits per heavy atom. The highest BCUT2D eigenvalue weighted by molar-refractivity contribution is 7.92. The van der Waals surface area contributed by atoms with Crippen molar-refractivity contribution < 1.29 is 22.7 Å². The Balaban J connectivity index is 2.04. The van der Waals surface area contributed by atoms with E-state index in [9.17, 15) is 18.0 Å².